The Kier molecular flexibility index (Phi) is 5.37. The molecule has 0 aliphatic carbocycles. The van der Waals surface area contributed by atoms with Gasteiger partial charge >= 0.3 is 0 Å². The number of anilines is 4. The van der Waals surface area contributed by atoms with Crippen molar-refractivity contribution in [1.82, 2.24) is 15.0 Å². The lowest BCUT2D eigenvalue weighted by Gasteiger charge is -2.16. The van der Waals surface area contributed by atoms with Gasteiger partial charge in [-0.25, -0.2) is 9.82 Å². The van der Waals surface area contributed by atoms with Gasteiger partial charge in [0.25, 0.3) is 0 Å². The lowest BCUT2D eigenvalue weighted by Crippen LogP contribution is -2.21. The number of hydrogen-bond donors (Lipinski definition) is 2. The molecule has 0 unspecified atom stereocenters. The Morgan fingerprint density at radius 3 is 2.39 bits per heavy atom. The van der Waals surface area contributed by atoms with Gasteiger partial charge < -0.3 is 10.2 Å². The molecule has 28 heavy (non-hydrogen) atoms. The largest absolute Gasteiger partial charge is 0.341 e. The van der Waals surface area contributed by atoms with E-state index in [0.717, 1.165) is 31.6 Å². The molecule has 0 saturated carbocycles. The topological polar surface area (TPSA) is 78.3 Å². The van der Waals surface area contributed by atoms with E-state index in [1.807, 2.05) is 30.3 Å². The number of benzene rings is 2. The Labute approximate surface area is 162 Å². The van der Waals surface area contributed by atoms with Gasteiger partial charge in [0, 0.05) is 24.3 Å². The average Bonchev–Trinajstić information content (AvgIpc) is 3.25. The van der Waals surface area contributed by atoms with Crippen molar-refractivity contribution in [3.63, 3.8) is 0 Å². The number of aromatic nitrogens is 3. The quantitative estimate of drug-likeness (QED) is 0.503. The Morgan fingerprint density at radius 1 is 0.893 bits per heavy atom. The minimum atomic E-state index is -0.340. The third-order valence-corrected chi connectivity index (χ3v) is 4.32. The van der Waals surface area contributed by atoms with E-state index in [9.17, 15) is 4.39 Å². The Bertz CT molecular complexity index is 956. The predicted octanol–water partition coefficient (Wildman–Crippen LogP) is 3.80. The molecule has 1 aliphatic rings. The van der Waals surface area contributed by atoms with Crippen LogP contribution in [0.5, 0.6) is 0 Å². The fourth-order valence-electron chi connectivity index (χ4n) is 2.92. The molecule has 0 atom stereocenters. The number of halogens is 1. The summed E-state index contributed by atoms with van der Waals surface area (Å²) in [6, 6.07) is 16.1. The summed E-state index contributed by atoms with van der Waals surface area (Å²) in [7, 11) is 0. The van der Waals surface area contributed by atoms with Crippen molar-refractivity contribution in [2.45, 2.75) is 12.8 Å². The first-order valence-corrected chi connectivity index (χ1v) is 9.15. The van der Waals surface area contributed by atoms with Gasteiger partial charge in [-0.1, -0.05) is 36.4 Å². The molecule has 1 saturated heterocycles. The van der Waals surface area contributed by atoms with E-state index in [0.29, 0.717) is 23.4 Å². The molecular weight excluding hydrogens is 357 g/mol. The molecular formula is C20H20FN7. The molecule has 1 aliphatic heterocycles. The van der Waals surface area contributed by atoms with Crippen LogP contribution in [0.1, 0.15) is 18.4 Å². The first-order valence-electron chi connectivity index (χ1n) is 9.15. The summed E-state index contributed by atoms with van der Waals surface area (Å²) in [5.74, 6) is 0.969. The van der Waals surface area contributed by atoms with Crippen LogP contribution >= 0.6 is 0 Å². The van der Waals surface area contributed by atoms with Crippen LogP contribution in [0.4, 0.5) is 27.9 Å². The summed E-state index contributed by atoms with van der Waals surface area (Å²) in [4.78, 5) is 15.5. The minimum absolute atomic E-state index is 0.294. The Hall–Kier alpha value is -3.55. The van der Waals surface area contributed by atoms with E-state index in [1.54, 1.807) is 18.2 Å². The molecule has 2 heterocycles. The lowest BCUT2D eigenvalue weighted by molar-refractivity contribution is 0.626. The highest BCUT2D eigenvalue weighted by molar-refractivity contribution is 5.80. The van der Waals surface area contributed by atoms with E-state index in [2.05, 4.69) is 35.7 Å². The van der Waals surface area contributed by atoms with Crippen molar-refractivity contribution < 1.29 is 4.39 Å². The second-order valence-electron chi connectivity index (χ2n) is 6.36. The van der Waals surface area contributed by atoms with Crippen LogP contribution in [0.3, 0.4) is 0 Å². The maximum absolute atomic E-state index is 13.7. The molecule has 7 nitrogen and oxygen atoms in total. The van der Waals surface area contributed by atoms with Gasteiger partial charge in [-0.2, -0.15) is 20.1 Å². The summed E-state index contributed by atoms with van der Waals surface area (Å²) in [5, 5.41) is 7.26. The lowest BCUT2D eigenvalue weighted by atomic mass is 10.2. The van der Waals surface area contributed by atoms with Crippen LogP contribution in [0, 0.1) is 5.82 Å². The fourth-order valence-corrected chi connectivity index (χ4v) is 2.92. The molecule has 142 valence electrons. The normalized spacial score (nSPS) is 13.8. The summed E-state index contributed by atoms with van der Waals surface area (Å²) in [6.07, 6.45) is 3.63. The van der Waals surface area contributed by atoms with Gasteiger partial charge in [0.2, 0.25) is 17.8 Å². The maximum atomic E-state index is 13.7. The molecule has 2 aromatic carbocycles. The average molecular weight is 377 g/mol. The monoisotopic (exact) mass is 377 g/mol. The number of hydrogen-bond acceptors (Lipinski definition) is 7. The third kappa shape index (κ3) is 4.40. The summed E-state index contributed by atoms with van der Waals surface area (Å²) in [5.41, 5.74) is 4.04. The zero-order chi connectivity index (χ0) is 19.2. The van der Waals surface area contributed by atoms with Crippen molar-refractivity contribution in [3.8, 4) is 0 Å². The molecule has 0 spiro atoms. The van der Waals surface area contributed by atoms with Gasteiger partial charge in [0.05, 0.1) is 6.21 Å². The molecule has 4 rings (SSSR count). The van der Waals surface area contributed by atoms with E-state index in [1.165, 1.54) is 12.3 Å². The maximum Gasteiger partial charge on any atom is 0.250 e. The second-order valence-corrected chi connectivity index (χ2v) is 6.36. The standard InChI is InChI=1S/C20H20FN7/c21-17-11-5-4-8-15(17)14-22-27-19-24-18(23-16-9-2-1-3-10-16)25-20(26-19)28-12-6-7-13-28/h1-5,8-11,14H,6-7,12-13H2,(H2,23,24,25,26,27)/b22-14+. The number of hydrazone groups is 1. The summed E-state index contributed by atoms with van der Waals surface area (Å²) < 4.78 is 13.7. The Balaban J connectivity index is 1.57. The number of para-hydroxylation sites is 1. The highest BCUT2D eigenvalue weighted by Gasteiger charge is 2.17. The molecule has 3 aromatic rings. The minimum Gasteiger partial charge on any atom is -0.341 e. The second kappa shape index (κ2) is 8.43. The molecule has 0 bridgehead atoms. The number of rotatable bonds is 6. The highest BCUT2D eigenvalue weighted by Crippen LogP contribution is 2.20. The molecule has 2 N–H and O–H groups in total. The van der Waals surface area contributed by atoms with Crippen molar-refractivity contribution >= 4 is 29.7 Å². The number of nitrogens with zero attached hydrogens (tertiary/aromatic N) is 5. The van der Waals surface area contributed by atoms with Gasteiger partial charge in [-0.3, -0.25) is 0 Å². The van der Waals surface area contributed by atoms with E-state index < -0.39 is 0 Å². The van der Waals surface area contributed by atoms with Crippen LogP contribution in [0.25, 0.3) is 0 Å². The SMILES string of the molecule is Fc1ccccc1/C=N/Nc1nc(Nc2ccccc2)nc(N2CCCC2)n1. The zero-order valence-electron chi connectivity index (χ0n) is 15.2. The summed E-state index contributed by atoms with van der Waals surface area (Å²) in [6.45, 7) is 1.82. The number of nitrogens with one attached hydrogen (secondary N) is 2. The predicted molar refractivity (Wildman–Crippen MR) is 109 cm³/mol. The zero-order valence-corrected chi connectivity index (χ0v) is 15.2. The highest BCUT2D eigenvalue weighted by atomic mass is 19.1. The molecule has 1 aromatic heterocycles. The van der Waals surface area contributed by atoms with Crippen LogP contribution in [-0.4, -0.2) is 34.3 Å². The first kappa shape index (κ1) is 17.8. The molecule has 0 radical (unpaired) electrons. The van der Waals surface area contributed by atoms with Crippen LogP contribution in [-0.2, 0) is 0 Å². The van der Waals surface area contributed by atoms with E-state index >= 15 is 0 Å². The van der Waals surface area contributed by atoms with Gasteiger partial charge in [-0.05, 0) is 31.0 Å². The van der Waals surface area contributed by atoms with E-state index in [4.69, 9.17) is 0 Å². The van der Waals surface area contributed by atoms with Crippen molar-refractivity contribution in [3.05, 3.63) is 66.0 Å². The molecule has 0 amide bonds. The van der Waals surface area contributed by atoms with E-state index in [-0.39, 0.29) is 5.82 Å². The summed E-state index contributed by atoms with van der Waals surface area (Å²) >= 11 is 0. The Morgan fingerprint density at radius 2 is 1.61 bits per heavy atom. The van der Waals surface area contributed by atoms with Crippen molar-refractivity contribution in [1.29, 1.82) is 0 Å². The van der Waals surface area contributed by atoms with Gasteiger partial charge in [-0.15, -0.1) is 0 Å². The van der Waals surface area contributed by atoms with Crippen LogP contribution in [0.15, 0.2) is 59.7 Å². The van der Waals surface area contributed by atoms with Crippen molar-refractivity contribution in [2.24, 2.45) is 5.10 Å². The third-order valence-electron chi connectivity index (χ3n) is 4.32. The molecule has 1 fully saturated rings. The first-order chi connectivity index (χ1) is 13.8. The molecule has 8 heteroatoms. The van der Waals surface area contributed by atoms with Gasteiger partial charge in [0.15, 0.2) is 0 Å². The van der Waals surface area contributed by atoms with Crippen LogP contribution in [0.2, 0.25) is 0 Å². The fraction of sp³-hybridized carbons (Fsp3) is 0.200. The van der Waals surface area contributed by atoms with Gasteiger partial charge in [0.1, 0.15) is 5.82 Å². The van der Waals surface area contributed by atoms with Crippen LogP contribution < -0.4 is 15.6 Å². The van der Waals surface area contributed by atoms with Crippen molar-refractivity contribution in [2.75, 3.05) is 28.7 Å². The smallest absolute Gasteiger partial charge is 0.250 e.